The number of benzene rings is 1. The highest BCUT2D eigenvalue weighted by Gasteiger charge is 2.19. The first kappa shape index (κ1) is 19.9. The number of rotatable bonds is 5. The van der Waals surface area contributed by atoms with Crippen LogP contribution in [0.3, 0.4) is 0 Å². The van der Waals surface area contributed by atoms with Crippen molar-refractivity contribution in [1.82, 2.24) is 20.3 Å². The van der Waals surface area contributed by atoms with Gasteiger partial charge < -0.3 is 25.0 Å². The number of nitrogens with zero attached hydrogens (tertiary/aromatic N) is 4. The molecule has 31 heavy (non-hydrogen) atoms. The maximum Gasteiger partial charge on any atom is 0.160 e. The largest absolute Gasteiger partial charge is 0.488 e. The predicted molar refractivity (Wildman–Crippen MR) is 117 cm³/mol. The third-order valence-corrected chi connectivity index (χ3v) is 5.57. The third kappa shape index (κ3) is 4.52. The minimum Gasteiger partial charge on any atom is -0.488 e. The van der Waals surface area contributed by atoms with Crippen molar-refractivity contribution in [2.24, 2.45) is 0 Å². The molecule has 0 spiro atoms. The van der Waals surface area contributed by atoms with Gasteiger partial charge in [-0.3, -0.25) is 0 Å². The van der Waals surface area contributed by atoms with E-state index in [2.05, 4.69) is 25.5 Å². The van der Waals surface area contributed by atoms with Crippen molar-refractivity contribution in [3.05, 3.63) is 42.5 Å². The summed E-state index contributed by atoms with van der Waals surface area (Å²) in [5.41, 5.74) is 2.05. The molecule has 2 fully saturated rings. The molecule has 0 saturated carbocycles. The second kappa shape index (κ2) is 8.99. The maximum absolute atomic E-state index is 14.0. The van der Waals surface area contributed by atoms with Crippen LogP contribution in [-0.2, 0) is 4.74 Å². The molecule has 8 nitrogen and oxygen atoms in total. The summed E-state index contributed by atoms with van der Waals surface area (Å²) in [5.74, 6) is 1.56. The van der Waals surface area contributed by atoms with E-state index in [0.717, 1.165) is 50.4 Å². The molecule has 0 aliphatic carbocycles. The predicted octanol–water partition coefficient (Wildman–Crippen LogP) is 2.87. The number of halogens is 1. The van der Waals surface area contributed by atoms with Gasteiger partial charge in [-0.25, -0.2) is 19.3 Å². The normalized spacial score (nSPS) is 17.6. The Morgan fingerprint density at radius 3 is 2.77 bits per heavy atom. The number of anilines is 3. The Morgan fingerprint density at radius 2 is 1.94 bits per heavy atom. The lowest BCUT2D eigenvalue weighted by Crippen LogP contribution is -2.43. The van der Waals surface area contributed by atoms with Gasteiger partial charge in [0.2, 0.25) is 0 Å². The van der Waals surface area contributed by atoms with Crippen molar-refractivity contribution in [2.75, 3.05) is 49.6 Å². The van der Waals surface area contributed by atoms with E-state index in [1.54, 1.807) is 6.07 Å². The van der Waals surface area contributed by atoms with Gasteiger partial charge in [0.05, 0.1) is 24.4 Å². The summed E-state index contributed by atoms with van der Waals surface area (Å²) in [5, 5.41) is 6.65. The second-order valence-corrected chi connectivity index (χ2v) is 7.69. The molecule has 0 bridgehead atoms. The quantitative estimate of drug-likeness (QED) is 0.647. The Bertz CT molecular complexity index is 1050. The van der Waals surface area contributed by atoms with E-state index < -0.39 is 0 Å². The number of piperazine rings is 1. The van der Waals surface area contributed by atoms with E-state index in [0.29, 0.717) is 36.0 Å². The molecule has 4 heterocycles. The van der Waals surface area contributed by atoms with Crippen LogP contribution in [0.5, 0.6) is 5.75 Å². The van der Waals surface area contributed by atoms with Crippen molar-refractivity contribution in [2.45, 2.75) is 18.9 Å². The summed E-state index contributed by atoms with van der Waals surface area (Å²) >= 11 is 0. The lowest BCUT2D eigenvalue weighted by molar-refractivity contribution is 0.0257. The van der Waals surface area contributed by atoms with Crippen molar-refractivity contribution >= 4 is 28.4 Å². The third-order valence-electron chi connectivity index (χ3n) is 5.57. The summed E-state index contributed by atoms with van der Waals surface area (Å²) in [4.78, 5) is 15.8. The fourth-order valence-corrected chi connectivity index (χ4v) is 3.89. The van der Waals surface area contributed by atoms with Crippen LogP contribution >= 0.6 is 0 Å². The number of nitrogens with one attached hydrogen (secondary N) is 2. The van der Waals surface area contributed by atoms with Crippen molar-refractivity contribution in [3.8, 4) is 5.75 Å². The van der Waals surface area contributed by atoms with Gasteiger partial charge in [-0.1, -0.05) is 0 Å². The Kier molecular flexibility index (Phi) is 5.77. The van der Waals surface area contributed by atoms with Gasteiger partial charge in [0.25, 0.3) is 0 Å². The van der Waals surface area contributed by atoms with Gasteiger partial charge in [-0.2, -0.15) is 0 Å². The van der Waals surface area contributed by atoms with Crippen molar-refractivity contribution < 1.29 is 13.9 Å². The van der Waals surface area contributed by atoms with Crippen LogP contribution in [-0.4, -0.2) is 60.4 Å². The Labute approximate surface area is 179 Å². The average Bonchev–Trinajstić information content (AvgIpc) is 2.82. The van der Waals surface area contributed by atoms with Crippen LogP contribution in [0.25, 0.3) is 11.0 Å². The lowest BCUT2D eigenvalue weighted by atomic mass is 10.1. The molecule has 2 saturated heterocycles. The standard InChI is InChI=1S/C22H25FN6O2/c23-15-1-2-17(19(13-15)31-16-5-11-30-12-6-16)27-22-21-18(25-14-26-22)3-4-20(28-21)29-9-7-24-8-10-29/h1-4,13-14,16,24H,5-12H2,(H,25,26,27). The zero-order chi connectivity index (χ0) is 21.0. The average molecular weight is 424 g/mol. The van der Waals surface area contributed by atoms with E-state index in [1.807, 2.05) is 12.1 Å². The molecule has 2 aliphatic rings. The summed E-state index contributed by atoms with van der Waals surface area (Å²) < 4.78 is 25.5. The van der Waals surface area contributed by atoms with E-state index >= 15 is 0 Å². The van der Waals surface area contributed by atoms with Crippen molar-refractivity contribution in [1.29, 1.82) is 0 Å². The van der Waals surface area contributed by atoms with Crippen LogP contribution in [0.2, 0.25) is 0 Å². The highest BCUT2D eigenvalue weighted by molar-refractivity contribution is 5.88. The molecule has 1 aromatic carbocycles. The molecule has 0 radical (unpaired) electrons. The van der Waals surface area contributed by atoms with E-state index in [1.165, 1.54) is 18.5 Å². The number of hydrogen-bond donors (Lipinski definition) is 2. The molecular formula is C22H25FN6O2. The lowest BCUT2D eigenvalue weighted by Gasteiger charge is -2.28. The molecule has 5 rings (SSSR count). The summed E-state index contributed by atoms with van der Waals surface area (Å²) in [6.07, 6.45) is 3.05. The van der Waals surface area contributed by atoms with Gasteiger partial charge in [0, 0.05) is 45.1 Å². The van der Waals surface area contributed by atoms with Crippen LogP contribution in [0.4, 0.5) is 21.7 Å². The number of hydrogen-bond acceptors (Lipinski definition) is 8. The molecule has 2 N–H and O–H groups in total. The zero-order valence-corrected chi connectivity index (χ0v) is 17.2. The fourth-order valence-electron chi connectivity index (χ4n) is 3.89. The molecule has 3 aromatic rings. The highest BCUT2D eigenvalue weighted by atomic mass is 19.1. The minimum absolute atomic E-state index is 0.00400. The highest BCUT2D eigenvalue weighted by Crippen LogP contribution is 2.32. The van der Waals surface area contributed by atoms with Crippen LogP contribution < -0.4 is 20.3 Å². The van der Waals surface area contributed by atoms with E-state index in [-0.39, 0.29) is 11.9 Å². The molecule has 9 heteroatoms. The molecule has 2 aromatic heterocycles. The monoisotopic (exact) mass is 424 g/mol. The van der Waals surface area contributed by atoms with Gasteiger partial charge in [0.1, 0.15) is 35.3 Å². The molecule has 0 unspecified atom stereocenters. The topological polar surface area (TPSA) is 84.4 Å². The van der Waals surface area contributed by atoms with Gasteiger partial charge in [-0.15, -0.1) is 0 Å². The van der Waals surface area contributed by atoms with Crippen LogP contribution in [0.1, 0.15) is 12.8 Å². The van der Waals surface area contributed by atoms with Crippen LogP contribution in [0.15, 0.2) is 36.7 Å². The Balaban J connectivity index is 1.45. The molecule has 0 atom stereocenters. The first-order valence-corrected chi connectivity index (χ1v) is 10.6. The molecule has 0 amide bonds. The van der Waals surface area contributed by atoms with Crippen molar-refractivity contribution in [3.63, 3.8) is 0 Å². The Morgan fingerprint density at radius 1 is 1.10 bits per heavy atom. The zero-order valence-electron chi connectivity index (χ0n) is 17.2. The fraction of sp³-hybridized carbons (Fsp3) is 0.409. The Hall–Kier alpha value is -3.04. The van der Waals surface area contributed by atoms with E-state index in [9.17, 15) is 4.39 Å². The molecule has 162 valence electrons. The van der Waals surface area contributed by atoms with Gasteiger partial charge in [0.15, 0.2) is 5.82 Å². The van der Waals surface area contributed by atoms with Crippen LogP contribution in [0, 0.1) is 5.82 Å². The minimum atomic E-state index is -0.348. The number of aromatic nitrogens is 3. The molecular weight excluding hydrogens is 399 g/mol. The number of ether oxygens (including phenoxy) is 2. The summed E-state index contributed by atoms with van der Waals surface area (Å²) in [7, 11) is 0. The second-order valence-electron chi connectivity index (χ2n) is 7.69. The number of pyridine rings is 1. The maximum atomic E-state index is 14.0. The summed E-state index contributed by atoms with van der Waals surface area (Å²) in [6, 6.07) is 8.42. The smallest absolute Gasteiger partial charge is 0.160 e. The number of fused-ring (bicyclic) bond motifs is 1. The first-order valence-electron chi connectivity index (χ1n) is 10.6. The van der Waals surface area contributed by atoms with Gasteiger partial charge >= 0.3 is 0 Å². The van der Waals surface area contributed by atoms with Gasteiger partial charge in [-0.05, 0) is 24.3 Å². The summed E-state index contributed by atoms with van der Waals surface area (Å²) in [6.45, 7) is 4.96. The SMILES string of the molecule is Fc1ccc(Nc2ncnc3ccc(N4CCNCC4)nc23)c(OC2CCOCC2)c1. The first-order chi connectivity index (χ1) is 15.3. The van der Waals surface area contributed by atoms with E-state index in [4.69, 9.17) is 14.5 Å². The molecule has 2 aliphatic heterocycles.